The SMILES string of the molecule is Cc1ccc(N(CC(=O)N[C@@H](c2ccccc2)c2ccccc2C)S(=O)(=O)c2ccccc2)cc1C. The summed E-state index contributed by atoms with van der Waals surface area (Å²) in [5, 5.41) is 3.10. The van der Waals surface area contributed by atoms with Crippen LogP contribution in [0.5, 0.6) is 0 Å². The molecular weight excluding hydrogens is 468 g/mol. The summed E-state index contributed by atoms with van der Waals surface area (Å²) >= 11 is 0. The third kappa shape index (κ3) is 5.50. The van der Waals surface area contributed by atoms with E-state index in [4.69, 9.17) is 0 Å². The molecule has 0 radical (unpaired) electrons. The summed E-state index contributed by atoms with van der Waals surface area (Å²) in [6, 6.07) is 30.8. The van der Waals surface area contributed by atoms with Crippen molar-refractivity contribution in [2.24, 2.45) is 0 Å². The highest BCUT2D eigenvalue weighted by molar-refractivity contribution is 7.92. The van der Waals surface area contributed by atoms with Crippen molar-refractivity contribution < 1.29 is 13.2 Å². The second kappa shape index (κ2) is 10.8. The van der Waals surface area contributed by atoms with Gasteiger partial charge in [0, 0.05) is 0 Å². The van der Waals surface area contributed by atoms with Crippen molar-refractivity contribution in [1.82, 2.24) is 5.32 Å². The van der Waals surface area contributed by atoms with Gasteiger partial charge in [0.15, 0.2) is 0 Å². The van der Waals surface area contributed by atoms with Gasteiger partial charge >= 0.3 is 0 Å². The minimum absolute atomic E-state index is 0.134. The monoisotopic (exact) mass is 498 g/mol. The molecule has 184 valence electrons. The Labute approximate surface area is 213 Å². The molecule has 0 spiro atoms. The zero-order valence-corrected chi connectivity index (χ0v) is 21.5. The first-order valence-electron chi connectivity index (χ1n) is 11.8. The van der Waals surface area contributed by atoms with Crippen molar-refractivity contribution in [2.45, 2.75) is 31.7 Å². The van der Waals surface area contributed by atoms with Crippen molar-refractivity contribution in [2.75, 3.05) is 10.8 Å². The molecule has 0 unspecified atom stereocenters. The van der Waals surface area contributed by atoms with Crippen LogP contribution in [-0.2, 0) is 14.8 Å². The Kier molecular flexibility index (Phi) is 7.55. The summed E-state index contributed by atoms with van der Waals surface area (Å²) in [5.41, 5.74) is 5.36. The Morgan fingerprint density at radius 2 is 1.36 bits per heavy atom. The number of amides is 1. The summed E-state index contributed by atoms with van der Waals surface area (Å²) in [7, 11) is -3.98. The number of sulfonamides is 1. The van der Waals surface area contributed by atoms with Gasteiger partial charge in [0.25, 0.3) is 10.0 Å². The van der Waals surface area contributed by atoms with E-state index in [0.29, 0.717) is 5.69 Å². The Bertz CT molecular complexity index is 1450. The van der Waals surface area contributed by atoms with Gasteiger partial charge < -0.3 is 5.32 Å². The zero-order valence-electron chi connectivity index (χ0n) is 20.7. The second-order valence-corrected chi connectivity index (χ2v) is 10.7. The molecule has 4 aromatic rings. The van der Waals surface area contributed by atoms with E-state index in [1.807, 2.05) is 81.4 Å². The van der Waals surface area contributed by atoms with Gasteiger partial charge in [-0.2, -0.15) is 0 Å². The van der Waals surface area contributed by atoms with E-state index in [-0.39, 0.29) is 11.4 Å². The summed E-state index contributed by atoms with van der Waals surface area (Å²) in [5.74, 6) is -0.398. The summed E-state index contributed by atoms with van der Waals surface area (Å²) in [6.45, 7) is 5.54. The number of anilines is 1. The standard InChI is InChI=1S/C30H30N2O3S/c1-22-18-19-26(20-24(22)3)32(36(34,35)27-15-8-5-9-16-27)21-29(33)31-30(25-13-6-4-7-14-25)28-17-11-10-12-23(28)2/h4-20,30H,21H2,1-3H3,(H,31,33)/t30-/m0/s1. The molecule has 4 rings (SSSR count). The predicted molar refractivity (Wildman–Crippen MR) is 144 cm³/mol. The van der Waals surface area contributed by atoms with Gasteiger partial charge in [-0.3, -0.25) is 9.10 Å². The van der Waals surface area contributed by atoms with Crippen LogP contribution in [-0.4, -0.2) is 20.9 Å². The molecule has 5 nitrogen and oxygen atoms in total. The molecule has 0 heterocycles. The highest BCUT2D eigenvalue weighted by Crippen LogP contribution is 2.27. The minimum atomic E-state index is -3.98. The molecule has 0 aliphatic heterocycles. The third-order valence-electron chi connectivity index (χ3n) is 6.33. The van der Waals surface area contributed by atoms with Gasteiger partial charge in [0.2, 0.25) is 5.91 Å². The highest BCUT2D eigenvalue weighted by atomic mass is 32.2. The van der Waals surface area contributed by atoms with E-state index in [1.165, 1.54) is 4.31 Å². The zero-order chi connectivity index (χ0) is 25.7. The average Bonchev–Trinajstić information content (AvgIpc) is 2.89. The van der Waals surface area contributed by atoms with Crippen LogP contribution < -0.4 is 9.62 Å². The lowest BCUT2D eigenvalue weighted by molar-refractivity contribution is -0.120. The molecule has 0 bridgehead atoms. The smallest absolute Gasteiger partial charge is 0.264 e. The predicted octanol–water partition coefficient (Wildman–Crippen LogP) is 5.71. The molecule has 0 aliphatic rings. The maximum atomic E-state index is 13.7. The first-order chi connectivity index (χ1) is 17.3. The molecule has 1 amide bonds. The highest BCUT2D eigenvalue weighted by Gasteiger charge is 2.29. The number of hydrogen-bond donors (Lipinski definition) is 1. The van der Waals surface area contributed by atoms with Crippen LogP contribution in [0.25, 0.3) is 0 Å². The van der Waals surface area contributed by atoms with Crippen LogP contribution >= 0.6 is 0 Å². The molecule has 0 saturated carbocycles. The lowest BCUT2D eigenvalue weighted by atomic mass is 9.95. The Morgan fingerprint density at radius 3 is 2.00 bits per heavy atom. The molecule has 0 fully saturated rings. The molecule has 6 heteroatoms. The number of aryl methyl sites for hydroxylation is 3. The number of hydrogen-bond acceptors (Lipinski definition) is 3. The van der Waals surface area contributed by atoms with Crippen LogP contribution in [0, 0.1) is 20.8 Å². The van der Waals surface area contributed by atoms with Gasteiger partial charge in [-0.15, -0.1) is 0 Å². The van der Waals surface area contributed by atoms with Crippen molar-refractivity contribution in [3.8, 4) is 0 Å². The number of carbonyl (C=O) groups is 1. The summed E-state index contributed by atoms with van der Waals surface area (Å²) < 4.78 is 28.6. The van der Waals surface area contributed by atoms with E-state index in [9.17, 15) is 13.2 Å². The van der Waals surface area contributed by atoms with Gasteiger partial charge in [0.1, 0.15) is 6.54 Å². The normalized spacial score (nSPS) is 12.1. The molecule has 0 aromatic heterocycles. The molecule has 0 saturated heterocycles. The Balaban J connectivity index is 1.71. The summed E-state index contributed by atoms with van der Waals surface area (Å²) in [4.78, 5) is 13.6. The van der Waals surface area contributed by atoms with E-state index < -0.39 is 22.0 Å². The molecule has 0 aliphatic carbocycles. The van der Waals surface area contributed by atoms with E-state index >= 15 is 0 Å². The van der Waals surface area contributed by atoms with Crippen LogP contribution in [0.1, 0.15) is 33.9 Å². The molecule has 1 atom stereocenters. The van der Waals surface area contributed by atoms with Crippen molar-refractivity contribution in [3.05, 3.63) is 131 Å². The number of rotatable bonds is 8. The fourth-order valence-electron chi connectivity index (χ4n) is 4.15. The topological polar surface area (TPSA) is 66.5 Å². The largest absolute Gasteiger partial charge is 0.344 e. The van der Waals surface area contributed by atoms with Crippen molar-refractivity contribution >= 4 is 21.6 Å². The van der Waals surface area contributed by atoms with Gasteiger partial charge in [0.05, 0.1) is 16.6 Å². The van der Waals surface area contributed by atoms with Gasteiger partial charge in [-0.25, -0.2) is 8.42 Å². The Morgan fingerprint density at radius 1 is 0.750 bits per heavy atom. The third-order valence-corrected chi connectivity index (χ3v) is 8.12. The lowest BCUT2D eigenvalue weighted by Crippen LogP contribution is -2.42. The van der Waals surface area contributed by atoms with Gasteiger partial charge in [-0.05, 0) is 72.9 Å². The maximum absolute atomic E-state index is 13.7. The molecular formula is C30H30N2O3S. The van der Waals surface area contributed by atoms with Crippen LogP contribution in [0.3, 0.4) is 0 Å². The fourth-order valence-corrected chi connectivity index (χ4v) is 5.58. The number of carbonyl (C=O) groups excluding carboxylic acids is 1. The lowest BCUT2D eigenvalue weighted by Gasteiger charge is -2.27. The second-order valence-electron chi connectivity index (χ2n) is 8.86. The van der Waals surface area contributed by atoms with E-state index in [2.05, 4.69) is 5.32 Å². The maximum Gasteiger partial charge on any atom is 0.264 e. The molecule has 1 N–H and O–H groups in total. The molecule has 4 aromatic carbocycles. The number of benzene rings is 4. The first kappa shape index (κ1) is 25.2. The van der Waals surface area contributed by atoms with Gasteiger partial charge in [-0.1, -0.05) is 78.9 Å². The van der Waals surface area contributed by atoms with Crippen LogP contribution in [0.2, 0.25) is 0 Å². The number of nitrogens with one attached hydrogen (secondary N) is 1. The van der Waals surface area contributed by atoms with Crippen LogP contribution in [0.15, 0.2) is 108 Å². The van der Waals surface area contributed by atoms with Crippen molar-refractivity contribution in [1.29, 1.82) is 0 Å². The average molecular weight is 499 g/mol. The van der Waals surface area contributed by atoms with Crippen LogP contribution in [0.4, 0.5) is 5.69 Å². The molecule has 36 heavy (non-hydrogen) atoms. The quantitative estimate of drug-likeness (QED) is 0.338. The Hall–Kier alpha value is -3.90. The summed E-state index contributed by atoms with van der Waals surface area (Å²) in [6.07, 6.45) is 0. The van der Waals surface area contributed by atoms with Crippen molar-refractivity contribution in [3.63, 3.8) is 0 Å². The minimum Gasteiger partial charge on any atom is -0.344 e. The van der Waals surface area contributed by atoms with E-state index in [1.54, 1.807) is 42.5 Å². The fraction of sp³-hybridized carbons (Fsp3) is 0.167. The first-order valence-corrected chi connectivity index (χ1v) is 13.3. The number of nitrogens with zero attached hydrogens (tertiary/aromatic N) is 1. The van der Waals surface area contributed by atoms with E-state index in [0.717, 1.165) is 27.8 Å².